The molecular weight excluding hydrogens is 182 g/mol. The fourth-order valence-corrected chi connectivity index (χ4v) is 3.80. The molecule has 0 radical (unpaired) electrons. The van der Waals surface area contributed by atoms with Gasteiger partial charge in [-0.05, 0) is 18.9 Å². The second-order valence-electron chi connectivity index (χ2n) is 3.62. The smallest absolute Gasteiger partial charge is 0.386 e. The van der Waals surface area contributed by atoms with Crippen LogP contribution in [0, 0.1) is 5.92 Å². The molecule has 0 amide bonds. The fourth-order valence-electron chi connectivity index (χ4n) is 1.27. The zero-order chi connectivity index (χ0) is 10.3. The predicted octanol–water partition coefficient (Wildman–Crippen LogP) is 1.87. The van der Waals surface area contributed by atoms with E-state index in [1.165, 1.54) is 0 Å². The Bertz CT molecular complexity index is 127. The third-order valence-electron chi connectivity index (χ3n) is 2.16. The maximum atomic E-state index is 5.48. The molecular formula is C9H23NO2Si. The molecule has 3 nitrogen and oxygen atoms in total. The Morgan fingerprint density at radius 1 is 1.23 bits per heavy atom. The van der Waals surface area contributed by atoms with Gasteiger partial charge in [-0.15, -0.1) is 0 Å². The van der Waals surface area contributed by atoms with Crippen LogP contribution in [0.25, 0.3) is 0 Å². The van der Waals surface area contributed by atoms with Crippen molar-refractivity contribution in [2.24, 2.45) is 5.92 Å². The van der Waals surface area contributed by atoms with Crippen LogP contribution < -0.4 is 4.98 Å². The summed E-state index contributed by atoms with van der Waals surface area (Å²) in [5.41, 5.74) is 0. The van der Waals surface area contributed by atoms with Crippen molar-refractivity contribution < 1.29 is 8.85 Å². The van der Waals surface area contributed by atoms with E-state index in [2.05, 4.69) is 25.8 Å². The zero-order valence-corrected chi connectivity index (χ0v) is 10.5. The highest BCUT2D eigenvalue weighted by molar-refractivity contribution is 6.64. The third kappa shape index (κ3) is 4.76. The molecule has 0 fully saturated rings. The molecule has 0 aliphatic carbocycles. The summed E-state index contributed by atoms with van der Waals surface area (Å²) in [5, 5.41) is 0. The summed E-state index contributed by atoms with van der Waals surface area (Å²) >= 11 is 0. The minimum absolute atomic E-state index is 0.704. The van der Waals surface area contributed by atoms with Crippen molar-refractivity contribution in [3.05, 3.63) is 0 Å². The molecule has 0 spiro atoms. The summed E-state index contributed by atoms with van der Waals surface area (Å²) in [5.74, 6) is 0.704. The van der Waals surface area contributed by atoms with Crippen LogP contribution in [-0.2, 0) is 8.85 Å². The van der Waals surface area contributed by atoms with Crippen LogP contribution in [0.15, 0.2) is 0 Å². The lowest BCUT2D eigenvalue weighted by atomic mass is 10.2. The molecule has 13 heavy (non-hydrogen) atoms. The average Bonchev–Trinajstić information content (AvgIpc) is 2.12. The maximum absolute atomic E-state index is 5.48. The van der Waals surface area contributed by atoms with Crippen molar-refractivity contribution >= 4 is 8.72 Å². The number of rotatable bonds is 7. The van der Waals surface area contributed by atoms with Gasteiger partial charge in [-0.3, -0.25) is 4.98 Å². The van der Waals surface area contributed by atoms with Crippen LogP contribution in [0.1, 0.15) is 27.2 Å². The first-order valence-electron chi connectivity index (χ1n) is 4.95. The molecule has 0 aliphatic heterocycles. The van der Waals surface area contributed by atoms with E-state index in [0.717, 1.165) is 19.0 Å². The van der Waals surface area contributed by atoms with E-state index in [-0.39, 0.29) is 0 Å². The second-order valence-corrected chi connectivity index (χ2v) is 6.80. The largest absolute Gasteiger partial charge is 0.424 e. The first-order chi connectivity index (χ1) is 6.10. The Labute approximate surface area is 83.1 Å². The average molecular weight is 205 g/mol. The van der Waals surface area contributed by atoms with Gasteiger partial charge >= 0.3 is 8.72 Å². The third-order valence-corrected chi connectivity index (χ3v) is 5.31. The van der Waals surface area contributed by atoms with Crippen molar-refractivity contribution in [1.82, 2.24) is 4.98 Å². The Morgan fingerprint density at radius 3 is 2.08 bits per heavy atom. The molecule has 0 atom stereocenters. The molecule has 0 aromatic carbocycles. The summed E-state index contributed by atoms with van der Waals surface area (Å²) in [6.07, 6.45) is 1.15. The predicted molar refractivity (Wildman–Crippen MR) is 57.7 cm³/mol. The second kappa shape index (κ2) is 6.54. The Hall–Kier alpha value is 0.0969. The fraction of sp³-hybridized carbons (Fsp3) is 1.00. The molecule has 0 unspecified atom stereocenters. The van der Waals surface area contributed by atoms with Gasteiger partial charge in [-0.1, -0.05) is 20.8 Å². The molecule has 0 saturated heterocycles. The van der Waals surface area contributed by atoms with Crippen molar-refractivity contribution in [3.63, 3.8) is 0 Å². The number of nitrogens with one attached hydrogen (secondary N) is 1. The Balaban J connectivity index is 4.04. The molecule has 0 heterocycles. The topological polar surface area (TPSA) is 30.5 Å². The van der Waals surface area contributed by atoms with Gasteiger partial charge in [0.25, 0.3) is 0 Å². The lowest BCUT2D eigenvalue weighted by Gasteiger charge is -2.27. The van der Waals surface area contributed by atoms with Gasteiger partial charge in [0, 0.05) is 20.3 Å². The molecule has 1 N–H and O–H groups in total. The van der Waals surface area contributed by atoms with Crippen LogP contribution in [0.3, 0.4) is 0 Å². The highest BCUT2D eigenvalue weighted by Gasteiger charge is 2.34. The maximum Gasteiger partial charge on any atom is 0.424 e. The summed E-state index contributed by atoms with van der Waals surface area (Å²) in [6.45, 7) is 7.42. The van der Waals surface area contributed by atoms with Gasteiger partial charge in [0.15, 0.2) is 0 Å². The molecule has 0 bridgehead atoms. The normalized spacial score (nSPS) is 12.5. The summed E-state index contributed by atoms with van der Waals surface area (Å²) in [7, 11) is 1.41. The van der Waals surface area contributed by atoms with Crippen LogP contribution in [0.5, 0.6) is 0 Å². The summed E-state index contributed by atoms with van der Waals surface area (Å²) < 4.78 is 11.0. The highest BCUT2D eigenvalue weighted by atomic mass is 28.4. The van der Waals surface area contributed by atoms with Gasteiger partial charge in [-0.2, -0.15) is 0 Å². The van der Waals surface area contributed by atoms with Gasteiger partial charge in [0.05, 0.1) is 0 Å². The lowest BCUT2D eigenvalue weighted by molar-refractivity contribution is 0.225. The van der Waals surface area contributed by atoms with E-state index >= 15 is 0 Å². The first-order valence-corrected chi connectivity index (χ1v) is 6.98. The van der Waals surface area contributed by atoms with Crippen molar-refractivity contribution in [2.45, 2.75) is 33.2 Å². The zero-order valence-electron chi connectivity index (χ0n) is 9.52. The van der Waals surface area contributed by atoms with Crippen LogP contribution >= 0.6 is 0 Å². The highest BCUT2D eigenvalue weighted by Crippen LogP contribution is 2.15. The van der Waals surface area contributed by atoms with Gasteiger partial charge in [0.1, 0.15) is 0 Å². The standard InChI is InChI=1S/C9H23NO2Si/c1-6-10-13(11-4,12-5)8-7-9(2)3/h9-10H,6-8H2,1-5H3. The Kier molecular flexibility index (Phi) is 6.58. The van der Waals surface area contributed by atoms with Crippen LogP contribution in [0.2, 0.25) is 6.04 Å². The van der Waals surface area contributed by atoms with Gasteiger partial charge in [0.2, 0.25) is 0 Å². The van der Waals surface area contributed by atoms with Crippen LogP contribution in [0.4, 0.5) is 0 Å². The van der Waals surface area contributed by atoms with Gasteiger partial charge in [-0.25, -0.2) is 0 Å². The van der Waals surface area contributed by atoms with E-state index in [9.17, 15) is 0 Å². The minimum atomic E-state index is -2.06. The monoisotopic (exact) mass is 205 g/mol. The molecule has 0 aliphatic rings. The van der Waals surface area contributed by atoms with Gasteiger partial charge < -0.3 is 8.85 Å². The minimum Gasteiger partial charge on any atom is -0.386 e. The molecule has 0 rings (SSSR count). The van der Waals surface area contributed by atoms with E-state index < -0.39 is 8.72 Å². The lowest BCUT2D eigenvalue weighted by Crippen LogP contribution is -2.54. The molecule has 0 saturated carbocycles. The van der Waals surface area contributed by atoms with E-state index in [0.29, 0.717) is 5.92 Å². The molecule has 0 aromatic heterocycles. The van der Waals surface area contributed by atoms with Crippen LogP contribution in [-0.4, -0.2) is 29.5 Å². The van der Waals surface area contributed by atoms with E-state index in [1.54, 1.807) is 14.2 Å². The van der Waals surface area contributed by atoms with Crippen molar-refractivity contribution in [2.75, 3.05) is 20.8 Å². The number of hydrogen-bond acceptors (Lipinski definition) is 3. The van der Waals surface area contributed by atoms with Crippen molar-refractivity contribution in [3.8, 4) is 0 Å². The first kappa shape index (κ1) is 13.1. The number of hydrogen-bond donors (Lipinski definition) is 1. The Morgan fingerprint density at radius 2 is 1.77 bits per heavy atom. The van der Waals surface area contributed by atoms with E-state index in [4.69, 9.17) is 8.85 Å². The molecule has 0 aromatic rings. The SMILES string of the molecule is CCN[Si](CCC(C)C)(OC)OC. The van der Waals surface area contributed by atoms with E-state index in [1.807, 2.05) is 0 Å². The molecule has 80 valence electrons. The molecule has 4 heteroatoms. The quantitative estimate of drug-likeness (QED) is 0.644. The summed E-state index contributed by atoms with van der Waals surface area (Å²) in [6, 6.07) is 1.02. The summed E-state index contributed by atoms with van der Waals surface area (Å²) in [4.78, 5) is 3.35. The van der Waals surface area contributed by atoms with Crippen molar-refractivity contribution in [1.29, 1.82) is 0 Å².